The zero-order valence-electron chi connectivity index (χ0n) is 8.35. The fraction of sp³-hybridized carbons (Fsp3) is 0.333. The Morgan fingerprint density at radius 2 is 2.00 bits per heavy atom. The predicted molar refractivity (Wildman–Crippen MR) is 49.4 cm³/mol. The molecule has 2 unspecified atom stereocenters. The van der Waals surface area contributed by atoms with Crippen LogP contribution < -0.4 is 5.73 Å². The summed E-state index contributed by atoms with van der Waals surface area (Å²) in [7, 11) is 0. The number of carbonyl (C=O) groups excluding carboxylic acids is 1. The second kappa shape index (κ2) is 4.68. The number of hydrogen-bond acceptors (Lipinski definition) is 4. The van der Waals surface area contributed by atoms with Gasteiger partial charge >= 0.3 is 6.18 Å². The molecule has 94 valence electrons. The fourth-order valence-corrected chi connectivity index (χ4v) is 1.12. The number of pyridine rings is 1. The molecule has 0 spiro atoms. The standard InChI is InChI=1S/C9H9F3N2O3/c10-9(11,12)5-3-4(1-2-14-5)6(15)7(16)8(13)17/h1-3,6-7,15-16H,(H2,13,17). The average Bonchev–Trinajstić information content (AvgIpc) is 2.26. The molecule has 17 heavy (non-hydrogen) atoms. The summed E-state index contributed by atoms with van der Waals surface area (Å²) >= 11 is 0. The van der Waals surface area contributed by atoms with Crippen molar-refractivity contribution in [3.05, 3.63) is 29.6 Å². The Morgan fingerprint density at radius 3 is 2.47 bits per heavy atom. The highest BCUT2D eigenvalue weighted by molar-refractivity contribution is 5.79. The topological polar surface area (TPSA) is 96.4 Å². The zero-order valence-corrected chi connectivity index (χ0v) is 8.35. The van der Waals surface area contributed by atoms with Crippen LogP contribution in [0.4, 0.5) is 13.2 Å². The number of primary amides is 1. The molecule has 0 aliphatic heterocycles. The molecular formula is C9H9F3N2O3. The van der Waals surface area contributed by atoms with E-state index < -0.39 is 30.0 Å². The highest BCUT2D eigenvalue weighted by Crippen LogP contribution is 2.29. The van der Waals surface area contributed by atoms with Crippen LogP contribution in [0.5, 0.6) is 0 Å². The normalized spacial score (nSPS) is 15.4. The number of hydrogen-bond donors (Lipinski definition) is 3. The summed E-state index contributed by atoms with van der Waals surface area (Å²) in [6.45, 7) is 0. The quantitative estimate of drug-likeness (QED) is 0.702. The van der Waals surface area contributed by atoms with Gasteiger partial charge in [0.15, 0.2) is 6.10 Å². The first-order valence-corrected chi connectivity index (χ1v) is 4.42. The van der Waals surface area contributed by atoms with Gasteiger partial charge in [-0.15, -0.1) is 0 Å². The third-order valence-corrected chi connectivity index (χ3v) is 2.01. The average molecular weight is 250 g/mol. The molecule has 5 nitrogen and oxygen atoms in total. The van der Waals surface area contributed by atoms with Crippen LogP contribution in [0.3, 0.4) is 0 Å². The first-order valence-electron chi connectivity index (χ1n) is 4.42. The highest BCUT2D eigenvalue weighted by Gasteiger charge is 2.33. The number of rotatable bonds is 3. The molecule has 0 aliphatic rings. The molecule has 0 radical (unpaired) electrons. The summed E-state index contributed by atoms with van der Waals surface area (Å²) in [5.74, 6) is -1.23. The van der Waals surface area contributed by atoms with Gasteiger partial charge < -0.3 is 15.9 Å². The van der Waals surface area contributed by atoms with Crippen LogP contribution >= 0.6 is 0 Å². The summed E-state index contributed by atoms with van der Waals surface area (Å²) in [4.78, 5) is 13.6. The molecule has 1 amide bonds. The molecule has 0 aromatic carbocycles. The Bertz CT molecular complexity index is 422. The number of alkyl halides is 3. The van der Waals surface area contributed by atoms with Crippen molar-refractivity contribution in [3.63, 3.8) is 0 Å². The third-order valence-electron chi connectivity index (χ3n) is 2.01. The smallest absolute Gasteiger partial charge is 0.385 e. The molecule has 2 atom stereocenters. The van der Waals surface area contributed by atoms with Crippen molar-refractivity contribution < 1.29 is 28.2 Å². The van der Waals surface area contributed by atoms with Crippen LogP contribution in [0.15, 0.2) is 18.3 Å². The summed E-state index contributed by atoms with van der Waals surface area (Å²) in [6.07, 6.45) is -7.65. The highest BCUT2D eigenvalue weighted by atomic mass is 19.4. The van der Waals surface area contributed by atoms with E-state index in [1.54, 1.807) is 0 Å². The number of halogens is 3. The van der Waals surface area contributed by atoms with Gasteiger partial charge in [-0.25, -0.2) is 0 Å². The molecule has 1 rings (SSSR count). The third kappa shape index (κ3) is 3.14. The van der Waals surface area contributed by atoms with Crippen molar-refractivity contribution in [2.45, 2.75) is 18.4 Å². The van der Waals surface area contributed by atoms with Gasteiger partial charge in [0.2, 0.25) is 5.91 Å². The lowest BCUT2D eigenvalue weighted by Crippen LogP contribution is -2.34. The predicted octanol–water partition coefficient (Wildman–Crippen LogP) is -0.0200. The van der Waals surface area contributed by atoms with Gasteiger partial charge in [0, 0.05) is 6.20 Å². The number of amides is 1. The van der Waals surface area contributed by atoms with Crippen LogP contribution in [0.2, 0.25) is 0 Å². The first-order chi connectivity index (χ1) is 7.73. The van der Waals surface area contributed by atoms with Crippen molar-refractivity contribution >= 4 is 5.91 Å². The molecular weight excluding hydrogens is 241 g/mol. The minimum atomic E-state index is -4.67. The molecule has 4 N–H and O–H groups in total. The minimum Gasteiger partial charge on any atom is -0.385 e. The van der Waals surface area contributed by atoms with Crippen molar-refractivity contribution in [1.29, 1.82) is 0 Å². The van der Waals surface area contributed by atoms with Gasteiger partial charge in [-0.1, -0.05) is 0 Å². The van der Waals surface area contributed by atoms with Crippen molar-refractivity contribution in [2.75, 3.05) is 0 Å². The molecule has 0 fully saturated rings. The molecule has 0 saturated carbocycles. The molecule has 0 aliphatic carbocycles. The maximum Gasteiger partial charge on any atom is 0.433 e. The first kappa shape index (κ1) is 13.4. The Morgan fingerprint density at radius 1 is 1.41 bits per heavy atom. The van der Waals surface area contributed by atoms with Crippen LogP contribution in [0.1, 0.15) is 17.4 Å². The molecule has 1 aromatic rings. The lowest BCUT2D eigenvalue weighted by molar-refractivity contribution is -0.141. The molecule has 1 heterocycles. The van der Waals surface area contributed by atoms with Gasteiger partial charge in [-0.2, -0.15) is 13.2 Å². The number of nitrogens with zero attached hydrogens (tertiary/aromatic N) is 1. The van der Waals surface area contributed by atoms with Gasteiger partial charge in [0.1, 0.15) is 11.8 Å². The van der Waals surface area contributed by atoms with Crippen molar-refractivity contribution in [1.82, 2.24) is 4.98 Å². The lowest BCUT2D eigenvalue weighted by Gasteiger charge is -2.16. The van der Waals surface area contributed by atoms with Crippen LogP contribution in [-0.2, 0) is 11.0 Å². The van der Waals surface area contributed by atoms with Gasteiger partial charge in [-0.05, 0) is 17.7 Å². The maximum atomic E-state index is 12.3. The van der Waals surface area contributed by atoms with E-state index in [9.17, 15) is 23.1 Å². The number of aromatic nitrogens is 1. The number of aliphatic hydroxyl groups excluding tert-OH is 2. The summed E-state index contributed by atoms with van der Waals surface area (Å²) < 4.78 is 36.9. The number of aliphatic hydroxyl groups is 2. The Kier molecular flexibility index (Phi) is 3.69. The van der Waals surface area contributed by atoms with E-state index in [2.05, 4.69) is 4.98 Å². The minimum absolute atomic E-state index is 0.293. The van der Waals surface area contributed by atoms with Crippen molar-refractivity contribution in [3.8, 4) is 0 Å². The Labute approximate surface area is 93.7 Å². The molecule has 0 saturated heterocycles. The maximum absolute atomic E-state index is 12.3. The largest absolute Gasteiger partial charge is 0.433 e. The van der Waals surface area contributed by atoms with Crippen LogP contribution in [-0.4, -0.2) is 27.2 Å². The second-order valence-electron chi connectivity index (χ2n) is 3.26. The Balaban J connectivity index is 3.04. The summed E-state index contributed by atoms with van der Waals surface area (Å²) in [6, 6.07) is 1.59. The number of nitrogens with two attached hydrogens (primary N) is 1. The van der Waals surface area contributed by atoms with Crippen molar-refractivity contribution in [2.24, 2.45) is 5.73 Å². The van der Waals surface area contributed by atoms with E-state index in [-0.39, 0.29) is 5.56 Å². The Hall–Kier alpha value is -1.67. The lowest BCUT2D eigenvalue weighted by atomic mass is 10.0. The van der Waals surface area contributed by atoms with E-state index in [4.69, 9.17) is 10.8 Å². The molecule has 0 bridgehead atoms. The van der Waals surface area contributed by atoms with E-state index in [0.29, 0.717) is 6.07 Å². The fourth-order valence-electron chi connectivity index (χ4n) is 1.12. The van der Waals surface area contributed by atoms with Crippen LogP contribution in [0.25, 0.3) is 0 Å². The molecule has 8 heteroatoms. The van der Waals surface area contributed by atoms with Gasteiger partial charge in [0.25, 0.3) is 0 Å². The summed E-state index contributed by atoms with van der Waals surface area (Å²) in [5.41, 5.74) is 3.19. The van der Waals surface area contributed by atoms with E-state index in [1.807, 2.05) is 0 Å². The SMILES string of the molecule is NC(=O)C(O)C(O)c1ccnc(C(F)(F)F)c1. The monoisotopic (exact) mass is 250 g/mol. The van der Waals surface area contributed by atoms with Crippen LogP contribution in [0, 0.1) is 0 Å². The summed E-state index contributed by atoms with van der Waals surface area (Å²) in [5, 5.41) is 18.5. The second-order valence-corrected chi connectivity index (χ2v) is 3.26. The van der Waals surface area contributed by atoms with Gasteiger partial charge in [-0.3, -0.25) is 9.78 Å². The molecule has 1 aromatic heterocycles. The van der Waals surface area contributed by atoms with E-state index in [0.717, 1.165) is 12.3 Å². The van der Waals surface area contributed by atoms with Gasteiger partial charge in [0.05, 0.1) is 0 Å². The van der Waals surface area contributed by atoms with E-state index in [1.165, 1.54) is 0 Å². The van der Waals surface area contributed by atoms with E-state index >= 15 is 0 Å². The number of carbonyl (C=O) groups is 1. The zero-order chi connectivity index (χ0) is 13.2.